The molecule has 0 fully saturated rings. The van der Waals surface area contributed by atoms with Crippen molar-refractivity contribution in [1.29, 1.82) is 0 Å². The van der Waals surface area contributed by atoms with Crippen LogP contribution < -0.4 is 5.32 Å². The van der Waals surface area contributed by atoms with E-state index >= 15 is 0 Å². The van der Waals surface area contributed by atoms with Crippen LogP contribution in [0.4, 0.5) is 4.39 Å². The number of carbonyl (C=O) groups is 4. The van der Waals surface area contributed by atoms with Gasteiger partial charge in [-0.2, -0.15) is 0 Å². The molecule has 0 aliphatic rings. The fourth-order valence-corrected chi connectivity index (χ4v) is 1.78. The second kappa shape index (κ2) is 11.1. The lowest BCUT2D eigenvalue weighted by atomic mass is 10.1. The zero-order valence-corrected chi connectivity index (χ0v) is 13.4. The maximum Gasteiger partial charge on any atom is 0.260 e. The molecule has 1 aromatic carbocycles. The molecule has 0 heterocycles. The summed E-state index contributed by atoms with van der Waals surface area (Å²) in [5.41, 5.74) is 0.368. The molecule has 126 valence electrons. The number of hydrogen-bond acceptors (Lipinski definition) is 4. The minimum absolute atomic E-state index is 0.157. The van der Waals surface area contributed by atoms with Gasteiger partial charge in [0.2, 0.25) is 12.8 Å². The summed E-state index contributed by atoms with van der Waals surface area (Å²) in [6.45, 7) is 3.16. The van der Waals surface area contributed by atoms with E-state index < -0.39 is 17.8 Å². The SMILES string of the molecule is CNC=O.Cc1c(F)cccc1C(=O)N(C=O)C(C)CCC=O. The Labute approximate surface area is 134 Å². The molecule has 0 saturated heterocycles. The number of benzene rings is 1. The number of carbonyl (C=O) groups excluding carboxylic acids is 4. The first-order valence-electron chi connectivity index (χ1n) is 7.02. The van der Waals surface area contributed by atoms with Gasteiger partial charge in [-0.15, -0.1) is 0 Å². The van der Waals surface area contributed by atoms with Crippen molar-refractivity contribution < 1.29 is 23.6 Å². The fraction of sp³-hybridized carbons (Fsp3) is 0.375. The molecule has 0 bridgehead atoms. The Morgan fingerprint density at radius 1 is 1.35 bits per heavy atom. The van der Waals surface area contributed by atoms with Crippen molar-refractivity contribution in [2.75, 3.05) is 7.05 Å². The quantitative estimate of drug-likeness (QED) is 0.770. The lowest BCUT2D eigenvalue weighted by molar-refractivity contribution is -0.118. The number of halogens is 1. The fourth-order valence-electron chi connectivity index (χ4n) is 1.78. The molecule has 3 amide bonds. The van der Waals surface area contributed by atoms with Crippen LogP contribution in [0.2, 0.25) is 0 Å². The Morgan fingerprint density at radius 3 is 2.43 bits per heavy atom. The summed E-state index contributed by atoms with van der Waals surface area (Å²) in [5.74, 6) is -1.04. The van der Waals surface area contributed by atoms with Crippen LogP contribution in [0, 0.1) is 12.7 Å². The Kier molecular flexibility index (Phi) is 9.82. The molecule has 1 N–H and O–H groups in total. The van der Waals surface area contributed by atoms with Gasteiger partial charge in [0.1, 0.15) is 12.1 Å². The predicted octanol–water partition coefficient (Wildman–Crippen LogP) is 1.46. The van der Waals surface area contributed by atoms with Crippen LogP contribution in [-0.4, -0.2) is 43.0 Å². The van der Waals surface area contributed by atoms with Crippen LogP contribution in [0.1, 0.15) is 35.7 Å². The monoisotopic (exact) mass is 324 g/mol. The maximum absolute atomic E-state index is 13.4. The number of hydrogen-bond donors (Lipinski definition) is 1. The van der Waals surface area contributed by atoms with Crippen molar-refractivity contribution >= 4 is 25.0 Å². The Bertz CT molecular complexity index is 549. The second-order valence-electron chi connectivity index (χ2n) is 4.73. The summed E-state index contributed by atoms with van der Waals surface area (Å²) < 4.78 is 13.4. The zero-order chi connectivity index (χ0) is 17.8. The van der Waals surface area contributed by atoms with E-state index in [-0.39, 0.29) is 17.5 Å². The standard InChI is InChI=1S/C14H16FNO3.C2H5NO/c1-10(5-4-8-17)16(9-18)14(19)12-6-3-7-13(15)11(12)2;1-3-2-4/h3,6-10H,4-5H2,1-2H3;2H,1H3,(H,3,4). The zero-order valence-electron chi connectivity index (χ0n) is 13.4. The van der Waals surface area contributed by atoms with E-state index in [1.165, 1.54) is 25.1 Å². The highest BCUT2D eigenvalue weighted by Crippen LogP contribution is 2.16. The normalized spacial score (nSPS) is 10.6. The van der Waals surface area contributed by atoms with E-state index in [1.807, 2.05) is 0 Å². The van der Waals surface area contributed by atoms with Gasteiger partial charge in [-0.3, -0.25) is 19.3 Å². The van der Waals surface area contributed by atoms with Gasteiger partial charge < -0.3 is 10.1 Å². The lowest BCUT2D eigenvalue weighted by Gasteiger charge is -2.23. The number of aldehydes is 1. The molecule has 1 aromatic rings. The highest BCUT2D eigenvalue weighted by atomic mass is 19.1. The molecule has 0 radical (unpaired) electrons. The molecule has 1 unspecified atom stereocenters. The van der Waals surface area contributed by atoms with Gasteiger partial charge in [0.25, 0.3) is 5.91 Å². The van der Waals surface area contributed by atoms with Gasteiger partial charge in [-0.05, 0) is 38.0 Å². The second-order valence-corrected chi connectivity index (χ2v) is 4.73. The number of imide groups is 1. The van der Waals surface area contributed by atoms with E-state index in [0.717, 1.165) is 11.2 Å². The summed E-state index contributed by atoms with van der Waals surface area (Å²) in [6, 6.07) is 3.75. The number of amides is 3. The van der Waals surface area contributed by atoms with E-state index in [2.05, 4.69) is 5.32 Å². The van der Waals surface area contributed by atoms with Gasteiger partial charge >= 0.3 is 0 Å². The maximum atomic E-state index is 13.4. The summed E-state index contributed by atoms with van der Waals surface area (Å²) in [4.78, 5) is 43.6. The molecule has 1 atom stereocenters. The van der Waals surface area contributed by atoms with Crippen LogP contribution in [0.15, 0.2) is 18.2 Å². The average molecular weight is 324 g/mol. The van der Waals surface area contributed by atoms with Crippen molar-refractivity contribution in [2.24, 2.45) is 0 Å². The van der Waals surface area contributed by atoms with Crippen LogP contribution in [0.5, 0.6) is 0 Å². The minimum atomic E-state index is -0.551. The van der Waals surface area contributed by atoms with Crippen LogP contribution >= 0.6 is 0 Å². The van der Waals surface area contributed by atoms with Crippen molar-refractivity contribution in [1.82, 2.24) is 10.2 Å². The number of nitrogens with one attached hydrogen (secondary N) is 1. The van der Waals surface area contributed by atoms with E-state index in [4.69, 9.17) is 4.79 Å². The summed E-state index contributed by atoms with van der Waals surface area (Å²) in [7, 11) is 1.56. The van der Waals surface area contributed by atoms with E-state index in [1.54, 1.807) is 14.0 Å². The Balaban J connectivity index is 0.00000108. The van der Waals surface area contributed by atoms with Crippen LogP contribution in [0.3, 0.4) is 0 Å². The van der Waals surface area contributed by atoms with E-state index in [9.17, 15) is 18.8 Å². The summed E-state index contributed by atoms with van der Waals surface area (Å²) in [6.07, 6.45) is 2.43. The van der Waals surface area contributed by atoms with Gasteiger partial charge in [0.05, 0.1) is 0 Å². The molecule has 0 spiro atoms. The largest absolute Gasteiger partial charge is 0.362 e. The third-order valence-electron chi connectivity index (χ3n) is 3.14. The molecule has 0 aliphatic heterocycles. The first-order valence-corrected chi connectivity index (χ1v) is 7.02. The average Bonchev–Trinajstić information content (AvgIpc) is 2.56. The summed E-state index contributed by atoms with van der Waals surface area (Å²) >= 11 is 0. The lowest BCUT2D eigenvalue weighted by Crippen LogP contribution is -2.38. The van der Waals surface area contributed by atoms with Gasteiger partial charge in [0.15, 0.2) is 0 Å². The molecule has 0 saturated carbocycles. The molecule has 1 rings (SSSR count). The number of nitrogens with zero attached hydrogens (tertiary/aromatic N) is 1. The minimum Gasteiger partial charge on any atom is -0.362 e. The summed E-state index contributed by atoms with van der Waals surface area (Å²) in [5, 5.41) is 2.25. The highest BCUT2D eigenvalue weighted by Gasteiger charge is 2.22. The van der Waals surface area contributed by atoms with Gasteiger partial charge in [-0.1, -0.05) is 6.07 Å². The topological polar surface area (TPSA) is 83.6 Å². The first kappa shape index (κ1) is 20.4. The molecule has 0 aromatic heterocycles. The molecule has 23 heavy (non-hydrogen) atoms. The van der Waals surface area contributed by atoms with Gasteiger partial charge in [0, 0.05) is 25.1 Å². The van der Waals surface area contributed by atoms with Crippen LogP contribution in [-0.2, 0) is 14.4 Å². The van der Waals surface area contributed by atoms with Crippen molar-refractivity contribution in [3.05, 3.63) is 35.1 Å². The van der Waals surface area contributed by atoms with Crippen molar-refractivity contribution in [2.45, 2.75) is 32.7 Å². The Hall–Kier alpha value is -2.57. The molecule has 0 aliphatic carbocycles. The Morgan fingerprint density at radius 2 is 1.96 bits per heavy atom. The third kappa shape index (κ3) is 6.37. The third-order valence-corrected chi connectivity index (χ3v) is 3.14. The van der Waals surface area contributed by atoms with Gasteiger partial charge in [-0.25, -0.2) is 4.39 Å². The first-order chi connectivity index (χ1) is 10.9. The van der Waals surface area contributed by atoms with E-state index in [0.29, 0.717) is 19.2 Å². The highest BCUT2D eigenvalue weighted by molar-refractivity contribution is 6.01. The van der Waals surface area contributed by atoms with Crippen molar-refractivity contribution in [3.8, 4) is 0 Å². The number of rotatable bonds is 7. The molecule has 7 heteroatoms. The van der Waals surface area contributed by atoms with Crippen LogP contribution in [0.25, 0.3) is 0 Å². The smallest absolute Gasteiger partial charge is 0.260 e. The molecular formula is C16H21FN2O4. The molecule has 6 nitrogen and oxygen atoms in total. The molecular weight excluding hydrogens is 303 g/mol. The van der Waals surface area contributed by atoms with Crippen molar-refractivity contribution in [3.63, 3.8) is 0 Å². The predicted molar refractivity (Wildman–Crippen MR) is 83.3 cm³/mol.